The summed E-state index contributed by atoms with van der Waals surface area (Å²) in [6, 6.07) is 16.7. The molecule has 8 heteroatoms. The summed E-state index contributed by atoms with van der Waals surface area (Å²) in [5.41, 5.74) is 7.72. The molecule has 0 spiro atoms. The number of rotatable bonds is 6. The van der Waals surface area contributed by atoms with E-state index in [-0.39, 0.29) is 18.3 Å². The van der Waals surface area contributed by atoms with E-state index in [9.17, 15) is 9.18 Å². The third-order valence-corrected chi connectivity index (χ3v) is 6.30. The fraction of sp³-hybridized carbons (Fsp3) is 0.214. The highest BCUT2D eigenvalue weighted by molar-refractivity contribution is 5.96. The van der Waals surface area contributed by atoms with Crippen LogP contribution in [0.25, 0.3) is 22.2 Å². The molecule has 2 aromatic carbocycles. The second-order valence-corrected chi connectivity index (χ2v) is 9.05. The first-order valence-electron chi connectivity index (χ1n) is 11.8. The number of fused-ring (bicyclic) bond motifs is 1. The average molecular weight is 483 g/mol. The van der Waals surface area contributed by atoms with Crippen LogP contribution in [0.5, 0.6) is 0 Å². The van der Waals surface area contributed by atoms with Crippen LogP contribution in [0.15, 0.2) is 60.8 Å². The molecule has 3 heterocycles. The Hall–Kier alpha value is -4.33. The van der Waals surface area contributed by atoms with Gasteiger partial charge in [-0.05, 0) is 62.6 Å². The van der Waals surface area contributed by atoms with Crippen molar-refractivity contribution in [3.63, 3.8) is 0 Å². The zero-order chi connectivity index (χ0) is 25.4. The summed E-state index contributed by atoms with van der Waals surface area (Å²) in [4.78, 5) is 17.6. The largest absolute Gasteiger partial charge is 0.321 e. The van der Waals surface area contributed by atoms with Gasteiger partial charge in [0.1, 0.15) is 12.4 Å². The summed E-state index contributed by atoms with van der Waals surface area (Å²) in [6.07, 6.45) is 1.75. The smallest absolute Gasteiger partial charge is 0.246 e. The third-order valence-electron chi connectivity index (χ3n) is 6.30. The number of benzene rings is 2. The second kappa shape index (κ2) is 9.37. The minimum Gasteiger partial charge on any atom is -0.321 e. The van der Waals surface area contributed by atoms with Crippen molar-refractivity contribution < 1.29 is 9.18 Å². The summed E-state index contributed by atoms with van der Waals surface area (Å²) in [5.74, 6) is -0.512. The Morgan fingerprint density at radius 3 is 2.50 bits per heavy atom. The molecule has 0 radical (unpaired) electrons. The van der Waals surface area contributed by atoms with E-state index in [1.54, 1.807) is 21.6 Å². The summed E-state index contributed by atoms with van der Waals surface area (Å²) in [7, 11) is 0. The van der Waals surface area contributed by atoms with Gasteiger partial charge in [-0.2, -0.15) is 10.2 Å². The number of halogens is 1. The Balaban J connectivity index is 1.39. The molecule has 5 rings (SSSR count). The highest BCUT2D eigenvalue weighted by atomic mass is 19.1. The van der Waals surface area contributed by atoms with Crippen molar-refractivity contribution >= 4 is 22.6 Å². The van der Waals surface area contributed by atoms with Crippen molar-refractivity contribution in [1.82, 2.24) is 24.5 Å². The van der Waals surface area contributed by atoms with Crippen LogP contribution in [-0.2, 0) is 17.9 Å². The maximum absolute atomic E-state index is 13.6. The molecule has 3 aromatic heterocycles. The van der Waals surface area contributed by atoms with Crippen LogP contribution >= 0.6 is 0 Å². The molecule has 0 aliphatic rings. The van der Waals surface area contributed by atoms with Gasteiger partial charge in [0.25, 0.3) is 0 Å². The van der Waals surface area contributed by atoms with Gasteiger partial charge >= 0.3 is 0 Å². The number of carbonyl (C=O) groups is 1. The highest BCUT2D eigenvalue weighted by Crippen LogP contribution is 2.30. The average Bonchev–Trinajstić information content (AvgIpc) is 3.29. The molecule has 0 fully saturated rings. The van der Waals surface area contributed by atoms with Gasteiger partial charge in [-0.15, -0.1) is 0 Å². The normalized spacial score (nSPS) is 11.2. The zero-order valence-electron chi connectivity index (χ0n) is 20.7. The van der Waals surface area contributed by atoms with E-state index in [1.807, 2.05) is 39.0 Å². The third kappa shape index (κ3) is 4.49. The molecule has 0 aliphatic heterocycles. The summed E-state index contributed by atoms with van der Waals surface area (Å²) >= 11 is 0. The first-order valence-corrected chi connectivity index (χ1v) is 11.8. The van der Waals surface area contributed by atoms with Crippen molar-refractivity contribution in [1.29, 1.82) is 0 Å². The van der Waals surface area contributed by atoms with Crippen LogP contribution < -0.4 is 5.32 Å². The molecule has 5 aromatic rings. The quantitative estimate of drug-likeness (QED) is 0.354. The molecular weight excluding hydrogens is 455 g/mol. The Bertz CT molecular complexity index is 1600. The standard InChI is InChI=1S/C28H27FN6O/c1-17-7-5-9-22(13-17)24-11-12-30-28-26(24)18(2)32-35(28)16-25(36)31-27-19(3)33-34(20(27)4)15-21-8-6-10-23(29)14-21/h5-14H,15-16H2,1-4H3,(H,31,36). The van der Waals surface area contributed by atoms with Gasteiger partial charge in [-0.25, -0.2) is 14.1 Å². The Labute approximate surface area is 208 Å². The molecule has 0 saturated carbocycles. The molecule has 182 valence electrons. The first-order chi connectivity index (χ1) is 17.3. The lowest BCUT2D eigenvalue weighted by atomic mass is 10.0. The molecule has 7 nitrogen and oxygen atoms in total. The number of amides is 1. The second-order valence-electron chi connectivity index (χ2n) is 9.05. The van der Waals surface area contributed by atoms with Gasteiger partial charge in [0.05, 0.1) is 29.3 Å². The number of hydrogen-bond donors (Lipinski definition) is 1. The highest BCUT2D eigenvalue weighted by Gasteiger charge is 2.19. The topological polar surface area (TPSA) is 77.6 Å². The summed E-state index contributed by atoms with van der Waals surface area (Å²) in [6.45, 7) is 8.15. The Kier molecular flexibility index (Phi) is 6.10. The summed E-state index contributed by atoms with van der Waals surface area (Å²) < 4.78 is 17.0. The number of nitrogens with one attached hydrogen (secondary N) is 1. The van der Waals surface area contributed by atoms with Crippen LogP contribution in [0.4, 0.5) is 10.1 Å². The van der Waals surface area contributed by atoms with Crippen LogP contribution in [0.1, 0.15) is 28.2 Å². The molecule has 0 aliphatic carbocycles. The van der Waals surface area contributed by atoms with Crippen molar-refractivity contribution in [2.75, 3.05) is 5.32 Å². The number of anilines is 1. The Morgan fingerprint density at radius 2 is 1.72 bits per heavy atom. The van der Waals surface area contributed by atoms with Crippen LogP contribution in [-0.4, -0.2) is 30.5 Å². The number of carbonyl (C=O) groups excluding carboxylic acids is 1. The van der Waals surface area contributed by atoms with Crippen LogP contribution in [0.3, 0.4) is 0 Å². The SMILES string of the molecule is Cc1cccc(-c2ccnc3c2c(C)nn3CC(=O)Nc2c(C)nn(Cc3cccc(F)c3)c2C)c1. The molecule has 0 atom stereocenters. The number of nitrogens with zero attached hydrogens (tertiary/aromatic N) is 5. The molecule has 0 unspecified atom stereocenters. The number of aromatic nitrogens is 5. The van der Waals surface area contributed by atoms with Crippen LogP contribution in [0, 0.1) is 33.5 Å². The monoisotopic (exact) mass is 482 g/mol. The van der Waals surface area contributed by atoms with Crippen molar-refractivity contribution in [2.45, 2.75) is 40.8 Å². The van der Waals surface area contributed by atoms with E-state index in [0.717, 1.165) is 33.5 Å². The lowest BCUT2D eigenvalue weighted by molar-refractivity contribution is -0.116. The van der Waals surface area contributed by atoms with Gasteiger partial charge in [-0.1, -0.05) is 42.0 Å². The molecule has 36 heavy (non-hydrogen) atoms. The van der Waals surface area contributed by atoms with E-state index in [2.05, 4.69) is 45.6 Å². The van der Waals surface area contributed by atoms with Gasteiger partial charge in [0.15, 0.2) is 5.65 Å². The minimum absolute atomic E-state index is 0.0164. The fourth-order valence-electron chi connectivity index (χ4n) is 4.60. The zero-order valence-corrected chi connectivity index (χ0v) is 20.7. The minimum atomic E-state index is -0.288. The molecule has 0 bridgehead atoms. The number of pyridine rings is 1. The molecule has 0 saturated heterocycles. The molecule has 1 amide bonds. The van der Waals surface area contributed by atoms with Crippen LogP contribution in [0.2, 0.25) is 0 Å². The van der Waals surface area contributed by atoms with E-state index < -0.39 is 0 Å². The first kappa shape index (κ1) is 23.4. The number of aryl methyl sites for hydroxylation is 3. The Morgan fingerprint density at radius 1 is 0.944 bits per heavy atom. The van der Waals surface area contributed by atoms with Crippen molar-refractivity contribution in [2.24, 2.45) is 0 Å². The van der Waals surface area contributed by atoms with Gasteiger partial charge in [0.2, 0.25) is 5.91 Å². The number of hydrogen-bond acceptors (Lipinski definition) is 4. The van der Waals surface area contributed by atoms with Gasteiger partial charge < -0.3 is 5.32 Å². The predicted molar refractivity (Wildman–Crippen MR) is 138 cm³/mol. The van der Waals surface area contributed by atoms with E-state index >= 15 is 0 Å². The summed E-state index contributed by atoms with van der Waals surface area (Å²) in [5, 5.41) is 13.1. The maximum atomic E-state index is 13.6. The predicted octanol–water partition coefficient (Wildman–Crippen LogP) is 5.35. The fourth-order valence-corrected chi connectivity index (χ4v) is 4.60. The maximum Gasteiger partial charge on any atom is 0.246 e. The lowest BCUT2D eigenvalue weighted by Crippen LogP contribution is -2.20. The molecular formula is C28H27FN6O. The van der Waals surface area contributed by atoms with Crippen molar-refractivity contribution in [3.05, 3.63) is 94.8 Å². The molecule has 1 N–H and O–H groups in total. The van der Waals surface area contributed by atoms with Crippen molar-refractivity contribution in [3.8, 4) is 11.1 Å². The lowest BCUT2D eigenvalue weighted by Gasteiger charge is -2.08. The van der Waals surface area contributed by atoms with Gasteiger partial charge in [-0.3, -0.25) is 9.48 Å². The van der Waals surface area contributed by atoms with E-state index in [0.29, 0.717) is 23.6 Å². The van der Waals surface area contributed by atoms with E-state index in [1.165, 1.54) is 17.7 Å². The van der Waals surface area contributed by atoms with E-state index in [4.69, 9.17) is 0 Å². The van der Waals surface area contributed by atoms with Gasteiger partial charge in [0, 0.05) is 11.6 Å².